The van der Waals surface area contributed by atoms with Crippen LogP contribution in [0.25, 0.3) is 0 Å². The molecule has 5 heteroatoms. The molecule has 0 aliphatic rings. The van der Waals surface area contributed by atoms with E-state index in [1.165, 1.54) is 24.6 Å². The Bertz CT molecular complexity index is 382. The van der Waals surface area contributed by atoms with E-state index in [1.807, 2.05) is 0 Å². The van der Waals surface area contributed by atoms with Gasteiger partial charge in [-0.2, -0.15) is 0 Å². The normalized spacial score (nSPS) is 10.2. The summed E-state index contributed by atoms with van der Waals surface area (Å²) >= 11 is 5.89. The van der Waals surface area contributed by atoms with E-state index in [9.17, 15) is 10.1 Å². The molecular weight excluding hydrogens is 242 g/mol. The first kappa shape index (κ1) is 13.8. The number of benzene rings is 1. The summed E-state index contributed by atoms with van der Waals surface area (Å²) in [6.07, 6.45) is 4.37. The maximum Gasteiger partial charge on any atom is 0.273 e. The Kier molecular flexibility index (Phi) is 5.77. The fourth-order valence-electron chi connectivity index (χ4n) is 1.43. The van der Waals surface area contributed by atoms with Crippen LogP contribution in [0.1, 0.15) is 32.6 Å². The molecule has 0 aliphatic carbocycles. The van der Waals surface area contributed by atoms with Crippen LogP contribution in [0.5, 0.6) is 5.75 Å². The molecule has 1 aromatic carbocycles. The van der Waals surface area contributed by atoms with E-state index in [0.29, 0.717) is 17.4 Å². The van der Waals surface area contributed by atoms with Gasteiger partial charge < -0.3 is 4.74 Å². The summed E-state index contributed by atoms with van der Waals surface area (Å²) in [5, 5.41) is 11.0. The lowest BCUT2D eigenvalue weighted by atomic mass is 10.2. The highest BCUT2D eigenvalue weighted by Gasteiger charge is 2.10. The minimum Gasteiger partial charge on any atom is -0.492 e. The first-order chi connectivity index (χ1) is 8.15. The number of rotatable bonds is 7. The summed E-state index contributed by atoms with van der Waals surface area (Å²) in [5.74, 6) is 0.386. The second-order valence-corrected chi connectivity index (χ2v) is 4.19. The lowest BCUT2D eigenvalue weighted by molar-refractivity contribution is -0.384. The second-order valence-electron chi connectivity index (χ2n) is 3.78. The first-order valence-electron chi connectivity index (χ1n) is 5.72. The van der Waals surface area contributed by atoms with Gasteiger partial charge in [0.05, 0.1) is 22.6 Å². The van der Waals surface area contributed by atoms with Crippen LogP contribution in [-0.4, -0.2) is 11.5 Å². The molecule has 4 nitrogen and oxygen atoms in total. The van der Waals surface area contributed by atoms with Gasteiger partial charge in [0.25, 0.3) is 5.69 Å². The van der Waals surface area contributed by atoms with Crippen LogP contribution in [0.3, 0.4) is 0 Å². The zero-order valence-corrected chi connectivity index (χ0v) is 10.6. The van der Waals surface area contributed by atoms with E-state index in [2.05, 4.69) is 6.92 Å². The summed E-state index contributed by atoms with van der Waals surface area (Å²) in [7, 11) is 0. The Morgan fingerprint density at radius 2 is 2.12 bits per heavy atom. The molecule has 0 heterocycles. The van der Waals surface area contributed by atoms with Crippen molar-refractivity contribution >= 4 is 17.3 Å². The summed E-state index contributed by atoms with van der Waals surface area (Å²) < 4.78 is 5.44. The predicted octanol–water partition coefficient (Wildman–Crippen LogP) is 4.21. The van der Waals surface area contributed by atoms with Gasteiger partial charge in [-0.15, -0.1) is 0 Å². The molecule has 0 amide bonds. The maximum atomic E-state index is 10.6. The highest BCUT2D eigenvalue weighted by Crippen LogP contribution is 2.28. The number of nitrogens with zero attached hydrogens (tertiary/aromatic N) is 1. The third-order valence-electron chi connectivity index (χ3n) is 2.38. The zero-order valence-electron chi connectivity index (χ0n) is 9.82. The monoisotopic (exact) mass is 257 g/mol. The number of hydrogen-bond donors (Lipinski definition) is 0. The fraction of sp³-hybridized carbons (Fsp3) is 0.500. The Labute approximate surface area is 106 Å². The van der Waals surface area contributed by atoms with Gasteiger partial charge in [-0.25, -0.2) is 0 Å². The molecule has 1 rings (SSSR count). The van der Waals surface area contributed by atoms with Crippen LogP contribution >= 0.6 is 11.6 Å². The molecule has 94 valence electrons. The molecule has 0 saturated heterocycles. The number of nitro groups is 1. The molecule has 0 saturated carbocycles. The smallest absolute Gasteiger partial charge is 0.273 e. The number of ether oxygens (including phenoxy) is 1. The van der Waals surface area contributed by atoms with Crippen LogP contribution < -0.4 is 4.74 Å². The van der Waals surface area contributed by atoms with Gasteiger partial charge in [0.15, 0.2) is 0 Å². The third kappa shape index (κ3) is 4.61. The van der Waals surface area contributed by atoms with Gasteiger partial charge in [-0.05, 0) is 12.5 Å². The minimum absolute atomic E-state index is 0.00189. The molecule has 1 aromatic rings. The van der Waals surface area contributed by atoms with E-state index in [-0.39, 0.29) is 5.69 Å². The van der Waals surface area contributed by atoms with Gasteiger partial charge in [0.1, 0.15) is 5.75 Å². The molecule has 0 radical (unpaired) electrons. The number of unbranched alkanes of at least 4 members (excludes halogenated alkanes) is 3. The SMILES string of the molecule is CCCCCCOc1cc([N+](=O)[O-])ccc1Cl. The molecule has 0 N–H and O–H groups in total. The molecule has 0 aliphatic heterocycles. The van der Waals surface area contributed by atoms with E-state index >= 15 is 0 Å². The van der Waals surface area contributed by atoms with Crippen molar-refractivity contribution in [3.8, 4) is 5.75 Å². The van der Waals surface area contributed by atoms with E-state index in [4.69, 9.17) is 16.3 Å². The molecular formula is C12H16ClNO3. The predicted molar refractivity (Wildman–Crippen MR) is 67.7 cm³/mol. The van der Waals surface area contributed by atoms with Gasteiger partial charge in [-0.1, -0.05) is 37.8 Å². The van der Waals surface area contributed by atoms with Gasteiger partial charge in [0.2, 0.25) is 0 Å². The standard InChI is InChI=1S/C12H16ClNO3/c1-2-3-4-5-8-17-12-9-10(14(15)16)6-7-11(12)13/h6-7,9H,2-5,8H2,1H3. The van der Waals surface area contributed by atoms with E-state index in [0.717, 1.165) is 19.3 Å². The van der Waals surface area contributed by atoms with Crippen molar-refractivity contribution in [2.24, 2.45) is 0 Å². The van der Waals surface area contributed by atoms with Gasteiger partial charge in [0, 0.05) is 6.07 Å². The topological polar surface area (TPSA) is 52.4 Å². The minimum atomic E-state index is -0.458. The summed E-state index contributed by atoms with van der Waals surface area (Å²) in [4.78, 5) is 10.1. The molecule has 0 aromatic heterocycles. The molecule has 0 atom stereocenters. The third-order valence-corrected chi connectivity index (χ3v) is 2.69. The largest absolute Gasteiger partial charge is 0.492 e. The van der Waals surface area contributed by atoms with Gasteiger partial charge in [-0.3, -0.25) is 10.1 Å². The van der Waals surface area contributed by atoms with Crippen LogP contribution in [-0.2, 0) is 0 Å². The second kappa shape index (κ2) is 7.12. The Morgan fingerprint density at radius 1 is 1.35 bits per heavy atom. The number of hydrogen-bond acceptors (Lipinski definition) is 3. The Hall–Kier alpha value is -1.29. The fourth-order valence-corrected chi connectivity index (χ4v) is 1.60. The number of nitro benzene ring substituents is 1. The van der Waals surface area contributed by atoms with Crippen molar-refractivity contribution < 1.29 is 9.66 Å². The van der Waals surface area contributed by atoms with Crippen LogP contribution in [0, 0.1) is 10.1 Å². The first-order valence-corrected chi connectivity index (χ1v) is 6.09. The molecule has 0 unspecified atom stereocenters. The van der Waals surface area contributed by atoms with Crippen LogP contribution in [0.2, 0.25) is 5.02 Å². The number of non-ortho nitro benzene ring substituents is 1. The average molecular weight is 258 g/mol. The quantitative estimate of drug-likeness (QED) is 0.418. The van der Waals surface area contributed by atoms with Gasteiger partial charge >= 0.3 is 0 Å². The molecule has 0 bridgehead atoms. The van der Waals surface area contributed by atoms with E-state index in [1.54, 1.807) is 0 Å². The Balaban J connectivity index is 2.51. The van der Waals surface area contributed by atoms with Crippen molar-refractivity contribution in [1.82, 2.24) is 0 Å². The van der Waals surface area contributed by atoms with Crippen molar-refractivity contribution in [3.63, 3.8) is 0 Å². The Morgan fingerprint density at radius 3 is 2.76 bits per heavy atom. The summed E-state index contributed by atoms with van der Waals surface area (Å²) in [6, 6.07) is 4.22. The maximum absolute atomic E-state index is 10.6. The van der Waals surface area contributed by atoms with Crippen LogP contribution in [0.4, 0.5) is 5.69 Å². The van der Waals surface area contributed by atoms with E-state index < -0.39 is 4.92 Å². The zero-order chi connectivity index (χ0) is 12.7. The van der Waals surface area contributed by atoms with Crippen molar-refractivity contribution in [3.05, 3.63) is 33.3 Å². The molecule has 17 heavy (non-hydrogen) atoms. The average Bonchev–Trinajstić information content (AvgIpc) is 2.30. The number of halogens is 1. The lowest BCUT2D eigenvalue weighted by Crippen LogP contribution is -1.98. The lowest BCUT2D eigenvalue weighted by Gasteiger charge is -2.07. The summed E-state index contributed by atoms with van der Waals surface area (Å²) in [6.45, 7) is 2.68. The highest BCUT2D eigenvalue weighted by atomic mass is 35.5. The van der Waals surface area contributed by atoms with Crippen molar-refractivity contribution in [1.29, 1.82) is 0 Å². The van der Waals surface area contributed by atoms with Crippen molar-refractivity contribution in [2.75, 3.05) is 6.61 Å². The van der Waals surface area contributed by atoms with Crippen LogP contribution in [0.15, 0.2) is 18.2 Å². The summed E-state index contributed by atoms with van der Waals surface area (Å²) in [5.41, 5.74) is -0.00189. The molecule has 0 fully saturated rings. The highest BCUT2D eigenvalue weighted by molar-refractivity contribution is 6.32. The molecule has 0 spiro atoms. The van der Waals surface area contributed by atoms with Crippen molar-refractivity contribution in [2.45, 2.75) is 32.6 Å².